The summed E-state index contributed by atoms with van der Waals surface area (Å²) < 4.78 is 72.5. The lowest BCUT2D eigenvalue weighted by Crippen LogP contribution is -2.26. The Bertz CT molecular complexity index is 1370. The number of hydrogen-bond acceptors (Lipinski definition) is 4. The second kappa shape index (κ2) is 11.9. The van der Waals surface area contributed by atoms with E-state index in [9.17, 15) is 17.6 Å². The van der Waals surface area contributed by atoms with Gasteiger partial charge in [0.15, 0.2) is 0 Å². The lowest BCUT2D eigenvalue weighted by Gasteiger charge is -2.19. The van der Waals surface area contributed by atoms with Crippen molar-refractivity contribution in [3.05, 3.63) is 88.7 Å². The number of aryl methyl sites for hydroxylation is 1. The molecule has 1 heterocycles. The quantitative estimate of drug-likeness (QED) is 0.172. The number of fused-ring (bicyclic) bond motifs is 1. The zero-order chi connectivity index (χ0) is 28.3. The van der Waals surface area contributed by atoms with Crippen LogP contribution in [0.1, 0.15) is 47.9 Å². The standard InChI is InChI=1S/C31H32F5N3O/c32-14-2-15-39-16-13-25(19-39)40-24-9-5-20(6-10-24)30-26-11-7-22(37)17-21(26)3-1-4-28(30)27-12-8-23(18-29(27)33)38-31(34,35)36/h5-12,17-18,25,38H,1-4,13-16,19,37H2. The molecule has 2 aliphatic rings. The molecule has 40 heavy (non-hydrogen) atoms. The number of rotatable bonds is 8. The Morgan fingerprint density at radius 1 is 0.975 bits per heavy atom. The fourth-order valence-electron chi connectivity index (χ4n) is 5.68. The molecule has 1 aliphatic heterocycles. The lowest BCUT2D eigenvalue weighted by molar-refractivity contribution is -0.0999. The molecular weight excluding hydrogens is 525 g/mol. The molecule has 0 spiro atoms. The fourth-order valence-corrected chi connectivity index (χ4v) is 5.68. The van der Waals surface area contributed by atoms with Gasteiger partial charge in [-0.15, -0.1) is 0 Å². The van der Waals surface area contributed by atoms with Crippen LogP contribution in [0.15, 0.2) is 60.7 Å². The van der Waals surface area contributed by atoms with Crippen molar-refractivity contribution in [2.45, 2.75) is 44.5 Å². The lowest BCUT2D eigenvalue weighted by atomic mass is 9.87. The number of halogens is 5. The molecule has 3 N–H and O–H groups in total. The summed E-state index contributed by atoms with van der Waals surface area (Å²) in [5, 5.41) is 1.37. The number of nitrogens with one attached hydrogen (secondary N) is 1. The number of hydrogen-bond donors (Lipinski definition) is 2. The molecular formula is C31H32F5N3O. The predicted octanol–water partition coefficient (Wildman–Crippen LogP) is 7.45. The van der Waals surface area contributed by atoms with Crippen molar-refractivity contribution >= 4 is 22.5 Å². The summed E-state index contributed by atoms with van der Waals surface area (Å²) in [7, 11) is 0. The highest BCUT2D eigenvalue weighted by Gasteiger charge is 2.28. The van der Waals surface area contributed by atoms with Crippen LogP contribution in [0.3, 0.4) is 0 Å². The van der Waals surface area contributed by atoms with Crippen molar-refractivity contribution in [2.75, 3.05) is 37.4 Å². The largest absolute Gasteiger partial charge is 0.489 e. The fraction of sp³-hybridized carbons (Fsp3) is 0.355. The maximum absolute atomic E-state index is 15.4. The van der Waals surface area contributed by atoms with Gasteiger partial charge >= 0.3 is 6.30 Å². The molecule has 1 fully saturated rings. The Balaban J connectivity index is 1.49. The van der Waals surface area contributed by atoms with E-state index in [0.29, 0.717) is 24.3 Å². The van der Waals surface area contributed by atoms with Gasteiger partial charge in [-0.05, 0) is 102 Å². The molecule has 1 aliphatic carbocycles. The minimum absolute atomic E-state index is 0.0275. The van der Waals surface area contributed by atoms with Crippen LogP contribution in [-0.4, -0.2) is 43.6 Å². The first-order chi connectivity index (χ1) is 19.2. The SMILES string of the molecule is Nc1ccc2c(c1)CCCC(c1ccc(NC(F)(F)F)cc1F)=C2c1ccc(OC2CCN(CCCF)C2)cc1. The van der Waals surface area contributed by atoms with Gasteiger partial charge in [-0.1, -0.05) is 18.2 Å². The zero-order valence-electron chi connectivity index (χ0n) is 22.0. The van der Waals surface area contributed by atoms with Crippen LogP contribution in [0, 0.1) is 5.82 Å². The number of alkyl halides is 4. The number of allylic oxidation sites excluding steroid dienone is 1. The molecule has 0 bridgehead atoms. The molecule has 0 amide bonds. The second-order valence-corrected chi connectivity index (χ2v) is 10.3. The smallest absolute Gasteiger partial charge is 0.482 e. The van der Waals surface area contributed by atoms with Crippen molar-refractivity contribution in [1.29, 1.82) is 0 Å². The number of ether oxygens (including phenoxy) is 1. The average Bonchev–Trinajstić information content (AvgIpc) is 3.26. The van der Waals surface area contributed by atoms with E-state index in [1.807, 2.05) is 36.4 Å². The van der Waals surface area contributed by atoms with Gasteiger partial charge in [0, 0.05) is 36.6 Å². The number of likely N-dealkylation sites (tertiary alicyclic amines) is 1. The first kappa shape index (κ1) is 28.0. The predicted molar refractivity (Wildman–Crippen MR) is 148 cm³/mol. The third kappa shape index (κ3) is 6.58. The second-order valence-electron chi connectivity index (χ2n) is 10.3. The van der Waals surface area contributed by atoms with Gasteiger partial charge in [-0.3, -0.25) is 14.6 Å². The highest BCUT2D eigenvalue weighted by Crippen LogP contribution is 2.42. The molecule has 1 unspecified atom stereocenters. The topological polar surface area (TPSA) is 50.5 Å². The highest BCUT2D eigenvalue weighted by atomic mass is 19.4. The zero-order valence-corrected chi connectivity index (χ0v) is 22.0. The van der Waals surface area contributed by atoms with Crippen molar-refractivity contribution < 1.29 is 26.7 Å². The Hall–Kier alpha value is -3.59. The van der Waals surface area contributed by atoms with Crippen LogP contribution in [0.25, 0.3) is 11.1 Å². The van der Waals surface area contributed by atoms with Crippen LogP contribution in [0.5, 0.6) is 5.75 Å². The van der Waals surface area contributed by atoms with Crippen molar-refractivity contribution in [3.63, 3.8) is 0 Å². The van der Waals surface area contributed by atoms with E-state index in [1.165, 1.54) is 17.4 Å². The number of nitrogens with zero attached hydrogens (tertiary/aromatic N) is 1. The Morgan fingerprint density at radius 2 is 1.75 bits per heavy atom. The first-order valence-electron chi connectivity index (χ1n) is 13.5. The van der Waals surface area contributed by atoms with Crippen LogP contribution in [0.2, 0.25) is 0 Å². The van der Waals surface area contributed by atoms with Gasteiger partial charge in [-0.2, -0.15) is 13.2 Å². The minimum atomic E-state index is -4.66. The minimum Gasteiger partial charge on any atom is -0.489 e. The summed E-state index contributed by atoms with van der Waals surface area (Å²) >= 11 is 0. The average molecular weight is 558 g/mol. The molecule has 3 aromatic rings. The van der Waals surface area contributed by atoms with Crippen molar-refractivity contribution in [1.82, 2.24) is 4.90 Å². The summed E-state index contributed by atoms with van der Waals surface area (Å²) in [6.07, 6.45) is -1.22. The Morgan fingerprint density at radius 3 is 2.48 bits per heavy atom. The van der Waals surface area contributed by atoms with E-state index in [0.717, 1.165) is 72.8 Å². The first-order valence-corrected chi connectivity index (χ1v) is 13.5. The summed E-state index contributed by atoms with van der Waals surface area (Å²) in [6.45, 7) is 2.03. The third-order valence-electron chi connectivity index (χ3n) is 7.44. The normalized spacial score (nSPS) is 18.0. The molecule has 1 atom stereocenters. The number of benzene rings is 3. The third-order valence-corrected chi connectivity index (χ3v) is 7.44. The number of anilines is 2. The van der Waals surface area contributed by atoms with Gasteiger partial charge in [0.1, 0.15) is 17.7 Å². The Kier molecular flexibility index (Phi) is 8.30. The molecule has 3 aromatic carbocycles. The van der Waals surface area contributed by atoms with Crippen LogP contribution in [-0.2, 0) is 6.42 Å². The number of nitrogens with two attached hydrogens (primary N) is 1. The van der Waals surface area contributed by atoms with E-state index in [4.69, 9.17) is 10.5 Å². The van der Waals surface area contributed by atoms with Gasteiger partial charge in [0.25, 0.3) is 0 Å². The molecule has 9 heteroatoms. The van der Waals surface area contributed by atoms with Crippen LogP contribution >= 0.6 is 0 Å². The number of nitrogen functional groups attached to an aromatic ring is 1. The van der Waals surface area contributed by atoms with E-state index in [-0.39, 0.29) is 24.0 Å². The molecule has 0 saturated carbocycles. The summed E-state index contributed by atoms with van der Waals surface area (Å²) in [6, 6.07) is 16.9. The summed E-state index contributed by atoms with van der Waals surface area (Å²) in [5.41, 5.74) is 11.0. The maximum Gasteiger partial charge on any atom is 0.482 e. The van der Waals surface area contributed by atoms with E-state index in [2.05, 4.69) is 4.90 Å². The van der Waals surface area contributed by atoms with Gasteiger partial charge in [0.05, 0.1) is 6.67 Å². The van der Waals surface area contributed by atoms with Crippen LogP contribution < -0.4 is 15.8 Å². The van der Waals surface area contributed by atoms with Crippen molar-refractivity contribution in [3.8, 4) is 5.75 Å². The highest BCUT2D eigenvalue weighted by molar-refractivity contribution is 6.00. The molecule has 212 valence electrons. The van der Waals surface area contributed by atoms with Gasteiger partial charge in [-0.25, -0.2) is 4.39 Å². The molecule has 4 nitrogen and oxygen atoms in total. The molecule has 0 aromatic heterocycles. The van der Waals surface area contributed by atoms with Gasteiger partial charge < -0.3 is 10.5 Å². The van der Waals surface area contributed by atoms with E-state index >= 15 is 4.39 Å². The van der Waals surface area contributed by atoms with Crippen molar-refractivity contribution in [2.24, 2.45) is 0 Å². The van der Waals surface area contributed by atoms with Gasteiger partial charge in [0.2, 0.25) is 0 Å². The summed E-state index contributed by atoms with van der Waals surface area (Å²) in [5.74, 6) is -0.0118. The molecule has 1 saturated heterocycles. The van der Waals surface area contributed by atoms with E-state index < -0.39 is 12.1 Å². The monoisotopic (exact) mass is 557 g/mol. The maximum atomic E-state index is 15.4. The van der Waals surface area contributed by atoms with Crippen LogP contribution in [0.4, 0.5) is 33.3 Å². The Labute approximate surface area is 230 Å². The molecule has 5 rings (SSSR count). The van der Waals surface area contributed by atoms with E-state index in [1.54, 1.807) is 6.07 Å². The summed E-state index contributed by atoms with van der Waals surface area (Å²) in [4.78, 5) is 2.20. The molecule has 0 radical (unpaired) electrons.